The summed E-state index contributed by atoms with van der Waals surface area (Å²) in [6.45, 7) is 1.55. The van der Waals surface area contributed by atoms with Crippen molar-refractivity contribution >= 4 is 29.5 Å². The van der Waals surface area contributed by atoms with Gasteiger partial charge in [0.25, 0.3) is 0 Å². The van der Waals surface area contributed by atoms with Crippen LogP contribution < -0.4 is 0 Å². The molecular weight excluding hydrogens is 236 g/mol. The predicted octanol–water partition coefficient (Wildman–Crippen LogP) is 3.47. The van der Waals surface area contributed by atoms with Crippen molar-refractivity contribution in [1.82, 2.24) is 0 Å². The highest BCUT2D eigenvalue weighted by Gasteiger charge is 2.07. The Morgan fingerprint density at radius 3 is 2.73 bits per heavy atom. The molecule has 0 heterocycles. The standard InChI is InChI=1S/C10H11ClO3S/c1-8(11)14-10(12)13-7-15-9-5-3-2-4-6-9/h2-6,8H,7H2,1H3. The largest absolute Gasteiger partial charge is 0.510 e. The van der Waals surface area contributed by atoms with Gasteiger partial charge in [0.05, 0.1) is 0 Å². The highest BCUT2D eigenvalue weighted by atomic mass is 35.5. The van der Waals surface area contributed by atoms with Gasteiger partial charge in [-0.15, -0.1) is 0 Å². The van der Waals surface area contributed by atoms with E-state index in [-0.39, 0.29) is 5.94 Å². The van der Waals surface area contributed by atoms with Crippen molar-refractivity contribution in [3.63, 3.8) is 0 Å². The van der Waals surface area contributed by atoms with Gasteiger partial charge in [0.2, 0.25) is 0 Å². The maximum Gasteiger partial charge on any atom is 0.510 e. The molecule has 1 aromatic carbocycles. The van der Waals surface area contributed by atoms with E-state index in [1.807, 2.05) is 30.3 Å². The van der Waals surface area contributed by atoms with Crippen LogP contribution in [0.4, 0.5) is 4.79 Å². The van der Waals surface area contributed by atoms with Crippen LogP contribution in [0.5, 0.6) is 0 Å². The lowest BCUT2D eigenvalue weighted by molar-refractivity contribution is 0.0627. The van der Waals surface area contributed by atoms with Gasteiger partial charge in [-0.2, -0.15) is 0 Å². The Kier molecular flexibility index (Phi) is 5.36. The number of ether oxygens (including phenoxy) is 2. The summed E-state index contributed by atoms with van der Waals surface area (Å²) in [6, 6.07) is 9.63. The van der Waals surface area contributed by atoms with Crippen molar-refractivity contribution in [2.75, 3.05) is 5.94 Å². The lowest BCUT2D eigenvalue weighted by Crippen LogP contribution is -2.10. The Hall–Kier alpha value is -0.870. The summed E-state index contributed by atoms with van der Waals surface area (Å²) in [4.78, 5) is 11.9. The van der Waals surface area contributed by atoms with Crippen LogP contribution in [0.1, 0.15) is 6.92 Å². The van der Waals surface area contributed by atoms with E-state index in [1.54, 1.807) is 6.92 Å². The topological polar surface area (TPSA) is 35.5 Å². The van der Waals surface area contributed by atoms with Crippen LogP contribution in [-0.2, 0) is 9.47 Å². The van der Waals surface area contributed by atoms with Gasteiger partial charge in [-0.05, 0) is 19.1 Å². The molecule has 0 aliphatic heterocycles. The first-order valence-electron chi connectivity index (χ1n) is 4.34. The first-order chi connectivity index (χ1) is 7.18. The molecule has 1 rings (SSSR count). The van der Waals surface area contributed by atoms with E-state index in [0.717, 1.165) is 4.90 Å². The Balaban J connectivity index is 2.19. The normalized spacial score (nSPS) is 11.9. The minimum absolute atomic E-state index is 0.215. The third-order valence-electron chi connectivity index (χ3n) is 1.40. The molecule has 82 valence electrons. The summed E-state index contributed by atoms with van der Waals surface area (Å²) in [5.41, 5.74) is -0.667. The lowest BCUT2D eigenvalue weighted by atomic mass is 10.4. The fourth-order valence-corrected chi connectivity index (χ4v) is 1.54. The molecule has 5 heteroatoms. The average molecular weight is 247 g/mol. The Bertz CT molecular complexity index is 303. The van der Waals surface area contributed by atoms with Gasteiger partial charge in [0.15, 0.2) is 5.56 Å². The van der Waals surface area contributed by atoms with Gasteiger partial charge in [0.1, 0.15) is 5.94 Å². The Morgan fingerprint density at radius 2 is 2.13 bits per heavy atom. The molecule has 1 aromatic rings. The van der Waals surface area contributed by atoms with Gasteiger partial charge in [-0.1, -0.05) is 41.6 Å². The number of halogens is 1. The van der Waals surface area contributed by atoms with Crippen LogP contribution >= 0.6 is 23.4 Å². The number of carbonyl (C=O) groups excluding carboxylic acids is 1. The number of carbonyl (C=O) groups is 1. The smallest absolute Gasteiger partial charge is 0.423 e. The molecule has 3 nitrogen and oxygen atoms in total. The number of benzene rings is 1. The van der Waals surface area contributed by atoms with Crippen LogP contribution in [0.25, 0.3) is 0 Å². The maximum atomic E-state index is 10.9. The molecule has 0 saturated carbocycles. The summed E-state index contributed by atoms with van der Waals surface area (Å²) >= 11 is 6.85. The highest BCUT2D eigenvalue weighted by molar-refractivity contribution is 7.99. The van der Waals surface area contributed by atoms with Crippen molar-refractivity contribution in [2.24, 2.45) is 0 Å². The van der Waals surface area contributed by atoms with Crippen molar-refractivity contribution in [2.45, 2.75) is 17.4 Å². The zero-order valence-corrected chi connectivity index (χ0v) is 9.75. The Labute approximate surface area is 97.7 Å². The molecule has 15 heavy (non-hydrogen) atoms. The van der Waals surface area contributed by atoms with Crippen molar-refractivity contribution in [1.29, 1.82) is 0 Å². The van der Waals surface area contributed by atoms with E-state index in [4.69, 9.17) is 16.3 Å². The van der Waals surface area contributed by atoms with Crippen LogP contribution in [0, 0.1) is 0 Å². The molecule has 0 aliphatic carbocycles. The lowest BCUT2D eigenvalue weighted by Gasteiger charge is -2.06. The van der Waals surface area contributed by atoms with Crippen LogP contribution in [-0.4, -0.2) is 17.7 Å². The highest BCUT2D eigenvalue weighted by Crippen LogP contribution is 2.17. The van der Waals surface area contributed by atoms with Crippen LogP contribution in [0.15, 0.2) is 35.2 Å². The molecule has 0 amide bonds. The van der Waals surface area contributed by atoms with E-state index in [2.05, 4.69) is 4.74 Å². The number of alkyl halides is 1. The predicted molar refractivity (Wildman–Crippen MR) is 60.0 cm³/mol. The molecule has 0 saturated heterocycles. The second kappa shape index (κ2) is 6.58. The molecule has 0 radical (unpaired) electrons. The van der Waals surface area contributed by atoms with Crippen molar-refractivity contribution in [3.05, 3.63) is 30.3 Å². The monoisotopic (exact) mass is 246 g/mol. The van der Waals surface area contributed by atoms with E-state index in [1.165, 1.54) is 11.8 Å². The SMILES string of the molecule is CC(Cl)OC(=O)OCSc1ccccc1. The summed E-state index contributed by atoms with van der Waals surface area (Å²) in [5.74, 6) is 0.215. The van der Waals surface area contributed by atoms with Gasteiger partial charge in [-0.25, -0.2) is 4.79 Å². The molecular formula is C10H11ClO3S. The molecule has 0 spiro atoms. The second-order valence-electron chi connectivity index (χ2n) is 2.63. The maximum absolute atomic E-state index is 10.9. The summed E-state index contributed by atoms with van der Waals surface area (Å²) in [5, 5.41) is 0. The number of thioether (sulfide) groups is 1. The summed E-state index contributed by atoms with van der Waals surface area (Å²) < 4.78 is 9.35. The average Bonchev–Trinajstić information content (AvgIpc) is 2.18. The quantitative estimate of drug-likeness (QED) is 0.353. The zero-order chi connectivity index (χ0) is 11.1. The first-order valence-corrected chi connectivity index (χ1v) is 5.76. The van der Waals surface area contributed by atoms with Crippen molar-refractivity contribution in [3.8, 4) is 0 Å². The fourth-order valence-electron chi connectivity index (χ4n) is 0.829. The van der Waals surface area contributed by atoms with Gasteiger partial charge in [0, 0.05) is 4.90 Å². The van der Waals surface area contributed by atoms with E-state index < -0.39 is 11.7 Å². The molecule has 0 aliphatic rings. The minimum Gasteiger partial charge on any atom is -0.423 e. The minimum atomic E-state index is -0.749. The Morgan fingerprint density at radius 1 is 1.47 bits per heavy atom. The van der Waals surface area contributed by atoms with Crippen LogP contribution in [0.3, 0.4) is 0 Å². The molecule has 0 aromatic heterocycles. The van der Waals surface area contributed by atoms with Crippen molar-refractivity contribution < 1.29 is 14.3 Å². The van der Waals surface area contributed by atoms with Gasteiger partial charge < -0.3 is 9.47 Å². The first kappa shape index (κ1) is 12.2. The fraction of sp³-hybridized carbons (Fsp3) is 0.300. The summed E-state index contributed by atoms with van der Waals surface area (Å²) in [6.07, 6.45) is -0.749. The molecule has 0 bridgehead atoms. The zero-order valence-electron chi connectivity index (χ0n) is 8.18. The molecule has 1 unspecified atom stereocenters. The molecule has 0 N–H and O–H groups in total. The van der Waals surface area contributed by atoms with E-state index >= 15 is 0 Å². The van der Waals surface area contributed by atoms with Gasteiger partial charge in [-0.3, -0.25) is 0 Å². The third kappa shape index (κ3) is 5.54. The molecule has 0 fully saturated rings. The third-order valence-corrected chi connectivity index (χ3v) is 2.33. The number of hydrogen-bond donors (Lipinski definition) is 0. The number of hydrogen-bond acceptors (Lipinski definition) is 4. The van der Waals surface area contributed by atoms with Crippen LogP contribution in [0.2, 0.25) is 0 Å². The second-order valence-corrected chi connectivity index (χ2v) is 4.24. The summed E-state index contributed by atoms with van der Waals surface area (Å²) in [7, 11) is 0. The van der Waals surface area contributed by atoms with E-state index in [0.29, 0.717) is 0 Å². The van der Waals surface area contributed by atoms with E-state index in [9.17, 15) is 4.79 Å². The van der Waals surface area contributed by atoms with Gasteiger partial charge >= 0.3 is 6.16 Å². The number of rotatable bonds is 4. The molecule has 1 atom stereocenters.